The fourth-order valence-electron chi connectivity index (χ4n) is 6.89. The number of imidazole rings is 2. The van der Waals surface area contributed by atoms with Gasteiger partial charge in [0.25, 0.3) is 22.5 Å². The van der Waals surface area contributed by atoms with Crippen molar-refractivity contribution in [2.75, 3.05) is 0 Å². The van der Waals surface area contributed by atoms with E-state index >= 15 is 0 Å². The SMILES string of the molecule is O=c1c2cc(Br)ccc2c2nc3ccccn3c2n1-c1ccc([N+](=O)[O-])cc1.O=c1c2ccccc2c2nc3ccccn3c2n1-c1ccc([N+](=O)[O-])cc1.[B]=NS. The third-order valence-electron chi connectivity index (χ3n) is 9.36. The molecule has 6 aromatic heterocycles. The number of fused-ring (bicyclic) bond motifs is 10. The Hall–Kier alpha value is -7.31. The van der Waals surface area contributed by atoms with Crippen molar-refractivity contribution in [3.05, 3.63) is 185 Å². The van der Waals surface area contributed by atoms with E-state index in [1.54, 1.807) is 45.5 Å². The molecule has 6 heterocycles. The number of aromatic nitrogens is 6. The Morgan fingerprint density at radius 2 is 1.00 bits per heavy atom. The van der Waals surface area contributed by atoms with E-state index < -0.39 is 9.85 Å². The van der Waals surface area contributed by atoms with Crippen molar-refractivity contribution in [2.24, 2.45) is 4.30 Å². The number of halogens is 1. The van der Waals surface area contributed by atoms with Crippen LogP contribution >= 0.6 is 28.7 Å². The van der Waals surface area contributed by atoms with Crippen molar-refractivity contribution in [2.45, 2.75) is 0 Å². The number of hydrogen-bond donors (Lipinski definition) is 1. The summed E-state index contributed by atoms with van der Waals surface area (Å²) in [6, 6.07) is 36.0. The van der Waals surface area contributed by atoms with Gasteiger partial charge in [-0.3, -0.25) is 47.8 Å². The average molecular weight is 849 g/mol. The summed E-state index contributed by atoms with van der Waals surface area (Å²) in [5.41, 5.74) is 4.67. The number of rotatable bonds is 4. The molecule has 10 rings (SSSR count). The molecule has 0 amide bonds. The Morgan fingerprint density at radius 1 is 0.586 bits per heavy atom. The minimum atomic E-state index is -0.464. The van der Waals surface area contributed by atoms with Crippen LogP contribution in [0, 0.1) is 20.2 Å². The third kappa shape index (κ3) is 6.49. The maximum absolute atomic E-state index is 13.4. The Balaban J connectivity index is 0.000000152. The van der Waals surface area contributed by atoms with Crippen LogP contribution in [-0.4, -0.2) is 45.4 Å². The second-order valence-electron chi connectivity index (χ2n) is 12.6. The Bertz CT molecular complexity index is 3400. The molecule has 0 aliphatic heterocycles. The molecule has 0 aliphatic carbocycles. The molecule has 4 aromatic carbocycles. The first-order chi connectivity index (χ1) is 28.1. The third-order valence-corrected chi connectivity index (χ3v) is 9.85. The van der Waals surface area contributed by atoms with E-state index in [9.17, 15) is 29.8 Å². The molecule has 0 saturated heterocycles. The number of nitrogens with zero attached hydrogens (tertiary/aromatic N) is 9. The van der Waals surface area contributed by atoms with Gasteiger partial charge in [-0.05, 0) is 66.7 Å². The van der Waals surface area contributed by atoms with Crippen LogP contribution in [0.1, 0.15) is 0 Å². The zero-order valence-electron chi connectivity index (χ0n) is 29.7. The van der Waals surface area contributed by atoms with Crippen LogP contribution in [0.5, 0.6) is 0 Å². The van der Waals surface area contributed by atoms with Crippen molar-refractivity contribution in [1.29, 1.82) is 0 Å². The van der Waals surface area contributed by atoms with Crippen molar-refractivity contribution >= 4 is 103 Å². The van der Waals surface area contributed by atoms with Gasteiger partial charge < -0.3 is 0 Å². The molecule has 58 heavy (non-hydrogen) atoms. The Morgan fingerprint density at radius 3 is 1.47 bits per heavy atom. The van der Waals surface area contributed by atoms with Crippen LogP contribution in [0.4, 0.5) is 11.4 Å². The van der Waals surface area contributed by atoms with Gasteiger partial charge in [0.05, 0.1) is 26.6 Å². The summed E-state index contributed by atoms with van der Waals surface area (Å²) < 4.78 is 10.3. The van der Waals surface area contributed by atoms with Gasteiger partial charge in [-0.25, -0.2) is 9.97 Å². The summed E-state index contributed by atoms with van der Waals surface area (Å²) in [5.74, 6) is 0. The van der Waals surface area contributed by atoms with Crippen LogP contribution in [0.15, 0.2) is 158 Å². The zero-order chi connectivity index (χ0) is 40.7. The molecule has 0 spiro atoms. The van der Waals surface area contributed by atoms with Gasteiger partial charge in [-0.1, -0.05) is 52.3 Å². The number of non-ortho nitro benzene ring substituents is 2. The first kappa shape index (κ1) is 37.6. The monoisotopic (exact) mass is 848 g/mol. The van der Waals surface area contributed by atoms with Crippen LogP contribution < -0.4 is 11.1 Å². The number of benzene rings is 4. The number of nitro benzene ring substituents is 2. The standard InChI is InChI=1S/C20H11BrN4O3.C20H12N4O3.BHNS/c21-12-4-9-15-16(11-12)20(26)24(13-5-7-14(8-6-13)25(27)28)19-18(15)22-17-3-1-2-10-23(17)19;25-20-16-6-2-1-5-15(16)18-19(22-12-4-3-7-17(22)21-18)23(20)13-8-10-14(11-9-13)24(26)27;1-2-3/h1-11H;1-12H;3H. The molecule has 15 nitrogen and oxygen atoms in total. The summed E-state index contributed by atoms with van der Waals surface area (Å²) in [7, 11) is 4.34. The summed E-state index contributed by atoms with van der Waals surface area (Å²) in [5, 5.41) is 24.5. The van der Waals surface area contributed by atoms with E-state index in [0.717, 1.165) is 20.9 Å². The van der Waals surface area contributed by atoms with Gasteiger partial charge >= 0.3 is 24.8 Å². The van der Waals surface area contributed by atoms with Gasteiger partial charge in [0.1, 0.15) is 22.3 Å². The molecule has 281 valence electrons. The normalized spacial score (nSPS) is 11.1. The molecule has 0 bridgehead atoms. The molecule has 18 heteroatoms. The second kappa shape index (κ2) is 15.3. The summed E-state index contributed by atoms with van der Waals surface area (Å²) >= 11 is 6.61. The number of thiol groups is 1. The van der Waals surface area contributed by atoms with Crippen molar-refractivity contribution in [1.82, 2.24) is 27.9 Å². The zero-order valence-corrected chi connectivity index (χ0v) is 32.1. The topological polar surface area (TPSA) is 177 Å². The van der Waals surface area contributed by atoms with Crippen molar-refractivity contribution < 1.29 is 9.85 Å². The Labute approximate surface area is 340 Å². The first-order valence-electron chi connectivity index (χ1n) is 17.2. The molecular weight excluding hydrogens is 825 g/mol. The van der Waals surface area contributed by atoms with Gasteiger partial charge in [0.15, 0.2) is 11.3 Å². The quantitative estimate of drug-likeness (QED) is 0.0795. The second-order valence-corrected chi connectivity index (χ2v) is 13.8. The Kier molecular flexibility index (Phi) is 9.94. The van der Waals surface area contributed by atoms with Crippen LogP contribution in [-0.2, 0) is 0 Å². The summed E-state index contributed by atoms with van der Waals surface area (Å²) in [6.45, 7) is 0. The molecule has 0 aliphatic rings. The fraction of sp³-hybridized carbons (Fsp3) is 0. The minimum absolute atomic E-state index is 0.0259. The van der Waals surface area contributed by atoms with E-state index in [1.807, 2.05) is 87.9 Å². The molecule has 10 aromatic rings. The molecular formula is C40H24BBrN9O6S. The molecule has 0 unspecified atom stereocenters. The van der Waals surface area contributed by atoms with E-state index in [0.29, 0.717) is 50.1 Å². The predicted octanol–water partition coefficient (Wildman–Crippen LogP) is 8.35. The van der Waals surface area contributed by atoms with E-state index in [2.05, 4.69) is 40.7 Å². The van der Waals surface area contributed by atoms with Gasteiger partial charge in [0.2, 0.25) is 0 Å². The fourth-order valence-corrected chi connectivity index (χ4v) is 7.25. The summed E-state index contributed by atoms with van der Waals surface area (Å²) in [4.78, 5) is 57.2. The molecule has 0 N–H and O–H groups in total. The van der Waals surface area contributed by atoms with Crippen LogP contribution in [0.25, 0.3) is 66.5 Å². The van der Waals surface area contributed by atoms with E-state index in [4.69, 9.17) is 9.97 Å². The first-order valence-corrected chi connectivity index (χ1v) is 18.4. The predicted molar refractivity (Wildman–Crippen MR) is 230 cm³/mol. The van der Waals surface area contributed by atoms with Gasteiger partial charge in [0, 0.05) is 57.3 Å². The molecule has 0 atom stereocenters. The van der Waals surface area contributed by atoms with E-state index in [1.165, 1.54) is 24.3 Å². The average Bonchev–Trinajstić information content (AvgIpc) is 3.82. The molecule has 0 saturated carbocycles. The van der Waals surface area contributed by atoms with Crippen molar-refractivity contribution in [3.8, 4) is 11.4 Å². The molecule has 0 fully saturated rings. The van der Waals surface area contributed by atoms with Crippen LogP contribution in [0.3, 0.4) is 0 Å². The maximum atomic E-state index is 13.4. The van der Waals surface area contributed by atoms with E-state index in [-0.39, 0.29) is 22.5 Å². The summed E-state index contributed by atoms with van der Waals surface area (Å²) in [6.07, 6.45) is 3.69. The number of nitro groups is 2. The molecule has 1 radical (unpaired) electrons. The number of hydrogen-bond acceptors (Lipinski definition) is 10. The van der Waals surface area contributed by atoms with Crippen molar-refractivity contribution in [3.63, 3.8) is 0 Å². The van der Waals surface area contributed by atoms with Gasteiger partial charge in [-0.15, -0.1) is 0 Å². The van der Waals surface area contributed by atoms with Gasteiger partial charge in [-0.2, -0.15) is 0 Å². The van der Waals surface area contributed by atoms with Crippen LogP contribution in [0.2, 0.25) is 0 Å². The number of pyridine rings is 4.